The molecule has 0 bridgehead atoms. The van der Waals surface area contributed by atoms with Crippen LogP contribution in [0.25, 0.3) is 0 Å². The molecule has 1 N–H and O–H groups in total. The molecule has 1 aromatic heterocycles. The molecule has 0 atom stereocenters. The fourth-order valence-electron chi connectivity index (χ4n) is 2.44. The third kappa shape index (κ3) is 3.62. The number of nitrogens with zero attached hydrogens (tertiary/aromatic N) is 3. The van der Waals surface area contributed by atoms with Gasteiger partial charge in [0.2, 0.25) is 0 Å². The molecule has 2 heterocycles. The monoisotopic (exact) mass is 276 g/mol. The van der Waals surface area contributed by atoms with Crippen LogP contribution in [0.3, 0.4) is 0 Å². The zero-order valence-corrected chi connectivity index (χ0v) is 13.5. The van der Waals surface area contributed by atoms with E-state index in [-0.39, 0.29) is 5.41 Å². The Bertz CT molecular complexity index is 442. The maximum absolute atomic E-state index is 4.81. The van der Waals surface area contributed by atoms with Crippen molar-refractivity contribution in [2.45, 2.75) is 52.9 Å². The number of anilines is 2. The molecular weight excluding hydrogens is 248 g/mol. The third-order valence-corrected chi connectivity index (χ3v) is 3.85. The van der Waals surface area contributed by atoms with E-state index in [0.29, 0.717) is 0 Å². The van der Waals surface area contributed by atoms with Gasteiger partial charge in [-0.15, -0.1) is 0 Å². The fourth-order valence-corrected chi connectivity index (χ4v) is 2.44. The minimum atomic E-state index is -0.0245. The molecule has 1 aliphatic heterocycles. The number of nitrogens with one attached hydrogen (secondary N) is 1. The highest BCUT2D eigenvalue weighted by Gasteiger charge is 2.22. The van der Waals surface area contributed by atoms with Crippen LogP contribution in [0, 0.1) is 5.92 Å². The smallest absolute Gasteiger partial charge is 0.138 e. The maximum atomic E-state index is 4.81. The molecule has 0 amide bonds. The Labute approximate surface area is 123 Å². The molecule has 4 nitrogen and oxygen atoms in total. The Hall–Kier alpha value is -1.32. The summed E-state index contributed by atoms with van der Waals surface area (Å²) in [4.78, 5) is 11.9. The summed E-state index contributed by atoms with van der Waals surface area (Å²) in [5.74, 6) is 3.78. The first-order valence-corrected chi connectivity index (χ1v) is 7.78. The van der Waals surface area contributed by atoms with Crippen LogP contribution < -0.4 is 10.2 Å². The van der Waals surface area contributed by atoms with Gasteiger partial charge in [-0.1, -0.05) is 27.7 Å². The predicted molar refractivity (Wildman–Crippen MR) is 85.5 cm³/mol. The van der Waals surface area contributed by atoms with Crippen molar-refractivity contribution >= 4 is 11.6 Å². The number of piperidine rings is 1. The van der Waals surface area contributed by atoms with E-state index in [4.69, 9.17) is 4.98 Å². The van der Waals surface area contributed by atoms with Crippen molar-refractivity contribution in [1.29, 1.82) is 0 Å². The summed E-state index contributed by atoms with van der Waals surface area (Å²) in [6.45, 7) is 14.0. The van der Waals surface area contributed by atoms with Gasteiger partial charge in [-0.25, -0.2) is 9.97 Å². The summed E-state index contributed by atoms with van der Waals surface area (Å²) >= 11 is 0. The Morgan fingerprint density at radius 3 is 2.45 bits per heavy atom. The molecule has 1 aromatic rings. The minimum Gasteiger partial charge on any atom is -0.370 e. The van der Waals surface area contributed by atoms with Crippen molar-refractivity contribution in [1.82, 2.24) is 9.97 Å². The highest BCUT2D eigenvalue weighted by molar-refractivity contribution is 5.50. The molecule has 112 valence electrons. The second-order valence-corrected chi connectivity index (χ2v) is 6.88. The van der Waals surface area contributed by atoms with Crippen molar-refractivity contribution in [2.24, 2.45) is 5.92 Å². The van der Waals surface area contributed by atoms with Crippen LogP contribution in [0.5, 0.6) is 0 Å². The van der Waals surface area contributed by atoms with Crippen LogP contribution in [0.1, 0.15) is 53.3 Å². The number of aromatic nitrogens is 2. The lowest BCUT2D eigenvalue weighted by Gasteiger charge is -2.32. The molecule has 0 unspecified atom stereocenters. The molecule has 1 fully saturated rings. The van der Waals surface area contributed by atoms with Gasteiger partial charge in [-0.05, 0) is 25.7 Å². The van der Waals surface area contributed by atoms with Crippen LogP contribution in [-0.4, -0.2) is 29.6 Å². The zero-order valence-electron chi connectivity index (χ0n) is 13.5. The minimum absolute atomic E-state index is 0.0245. The highest BCUT2D eigenvalue weighted by atomic mass is 15.2. The zero-order chi connectivity index (χ0) is 14.8. The second-order valence-electron chi connectivity index (χ2n) is 6.88. The molecule has 1 aliphatic rings. The van der Waals surface area contributed by atoms with Crippen molar-refractivity contribution in [2.75, 3.05) is 29.9 Å². The number of hydrogen-bond acceptors (Lipinski definition) is 4. The molecule has 0 spiro atoms. The van der Waals surface area contributed by atoms with E-state index in [1.54, 1.807) is 0 Å². The van der Waals surface area contributed by atoms with E-state index in [9.17, 15) is 0 Å². The van der Waals surface area contributed by atoms with E-state index in [2.05, 4.69) is 55.9 Å². The Morgan fingerprint density at radius 1 is 1.25 bits per heavy atom. The predicted octanol–water partition coefficient (Wildman–Crippen LogP) is 3.44. The van der Waals surface area contributed by atoms with Crippen LogP contribution in [-0.2, 0) is 5.41 Å². The lowest BCUT2D eigenvalue weighted by molar-refractivity contribution is 0.435. The quantitative estimate of drug-likeness (QED) is 0.918. The van der Waals surface area contributed by atoms with Gasteiger partial charge in [-0.2, -0.15) is 0 Å². The van der Waals surface area contributed by atoms with Crippen LogP contribution in [0.4, 0.5) is 11.6 Å². The Morgan fingerprint density at radius 2 is 1.90 bits per heavy atom. The molecule has 0 aromatic carbocycles. The summed E-state index contributed by atoms with van der Waals surface area (Å²) in [6.07, 6.45) is 2.51. The van der Waals surface area contributed by atoms with Crippen LogP contribution in [0.2, 0.25) is 0 Å². The second kappa shape index (κ2) is 5.98. The van der Waals surface area contributed by atoms with Gasteiger partial charge >= 0.3 is 0 Å². The maximum Gasteiger partial charge on any atom is 0.138 e. The fraction of sp³-hybridized carbons (Fsp3) is 0.750. The first kappa shape index (κ1) is 15.1. The largest absolute Gasteiger partial charge is 0.370 e. The number of hydrogen-bond donors (Lipinski definition) is 1. The molecule has 20 heavy (non-hydrogen) atoms. The van der Waals surface area contributed by atoms with Crippen molar-refractivity contribution in [3.05, 3.63) is 11.9 Å². The molecular formula is C16H28N4. The average molecular weight is 276 g/mol. The summed E-state index contributed by atoms with van der Waals surface area (Å²) in [6, 6.07) is 2.09. The summed E-state index contributed by atoms with van der Waals surface area (Å²) in [5.41, 5.74) is -0.0245. The van der Waals surface area contributed by atoms with Gasteiger partial charge in [0.25, 0.3) is 0 Å². The molecule has 1 saturated heterocycles. The SMILES string of the molecule is CCNc1cc(N2CCC(C)CC2)nc(C(C)(C)C)n1. The first-order valence-electron chi connectivity index (χ1n) is 7.78. The van der Waals surface area contributed by atoms with E-state index < -0.39 is 0 Å². The van der Waals surface area contributed by atoms with Crippen molar-refractivity contribution in [3.8, 4) is 0 Å². The van der Waals surface area contributed by atoms with E-state index in [1.165, 1.54) is 12.8 Å². The summed E-state index contributed by atoms with van der Waals surface area (Å²) in [5, 5.41) is 3.33. The van der Waals surface area contributed by atoms with E-state index >= 15 is 0 Å². The summed E-state index contributed by atoms with van der Waals surface area (Å²) in [7, 11) is 0. The topological polar surface area (TPSA) is 41.0 Å². The number of rotatable bonds is 3. The van der Waals surface area contributed by atoms with Gasteiger partial charge < -0.3 is 10.2 Å². The van der Waals surface area contributed by atoms with E-state index in [1.807, 2.05) is 0 Å². The van der Waals surface area contributed by atoms with Gasteiger partial charge in [0.1, 0.15) is 17.5 Å². The lowest BCUT2D eigenvalue weighted by Crippen LogP contribution is -2.34. The van der Waals surface area contributed by atoms with Crippen LogP contribution in [0.15, 0.2) is 6.07 Å². The molecule has 4 heteroatoms. The van der Waals surface area contributed by atoms with E-state index in [0.717, 1.165) is 43.0 Å². The van der Waals surface area contributed by atoms with Gasteiger partial charge in [-0.3, -0.25) is 0 Å². The normalized spacial score (nSPS) is 17.4. The third-order valence-electron chi connectivity index (χ3n) is 3.85. The van der Waals surface area contributed by atoms with Gasteiger partial charge in [0.05, 0.1) is 0 Å². The molecule has 2 rings (SSSR count). The molecule has 0 radical (unpaired) electrons. The van der Waals surface area contributed by atoms with Crippen molar-refractivity contribution in [3.63, 3.8) is 0 Å². The van der Waals surface area contributed by atoms with Gasteiger partial charge in [0, 0.05) is 31.1 Å². The van der Waals surface area contributed by atoms with Crippen LogP contribution >= 0.6 is 0 Å². The highest BCUT2D eigenvalue weighted by Crippen LogP contribution is 2.26. The molecule has 0 saturated carbocycles. The summed E-state index contributed by atoms with van der Waals surface area (Å²) < 4.78 is 0. The Kier molecular flexibility index (Phi) is 4.51. The first-order chi connectivity index (χ1) is 9.40. The average Bonchev–Trinajstić information content (AvgIpc) is 2.38. The standard InChI is InChI=1S/C16H28N4/c1-6-17-13-11-14(19-15(18-13)16(3,4)5)20-9-7-12(2)8-10-20/h11-12H,6-10H2,1-5H3,(H,17,18,19). The Balaban J connectivity index is 2.29. The van der Waals surface area contributed by atoms with Crippen molar-refractivity contribution < 1.29 is 0 Å². The lowest BCUT2D eigenvalue weighted by atomic mass is 9.95. The molecule has 0 aliphatic carbocycles. The van der Waals surface area contributed by atoms with Gasteiger partial charge in [0.15, 0.2) is 0 Å².